The van der Waals surface area contributed by atoms with E-state index >= 15 is 0 Å². The third-order valence-corrected chi connectivity index (χ3v) is 9.63. The van der Waals surface area contributed by atoms with Crippen LogP contribution in [0, 0.1) is 5.82 Å². The lowest BCUT2D eigenvalue weighted by Crippen LogP contribution is -2.41. The molecule has 0 spiro atoms. The molecule has 12 heteroatoms. The Morgan fingerprint density at radius 1 is 1.05 bits per heavy atom. The van der Waals surface area contributed by atoms with Gasteiger partial charge in [-0.15, -0.1) is 0 Å². The number of carbonyl (C=O) groups is 1. The highest BCUT2D eigenvalue weighted by Crippen LogP contribution is 2.54. The van der Waals surface area contributed by atoms with Gasteiger partial charge in [0.1, 0.15) is 18.2 Å². The van der Waals surface area contributed by atoms with Gasteiger partial charge in [0, 0.05) is 16.0 Å². The van der Waals surface area contributed by atoms with E-state index in [-0.39, 0.29) is 36.3 Å². The maximum atomic E-state index is 14.3. The molecule has 0 amide bonds. The summed E-state index contributed by atoms with van der Waals surface area (Å²) in [5, 5.41) is 21.2. The van der Waals surface area contributed by atoms with Crippen LogP contribution in [0.2, 0.25) is 10.0 Å². The van der Waals surface area contributed by atoms with E-state index < -0.39 is 35.0 Å². The third-order valence-electron chi connectivity index (χ3n) is 7.95. The predicted octanol–water partition coefficient (Wildman–Crippen LogP) is 9.19. The largest absolute Gasteiger partial charge is 0.489 e. The molecule has 4 aromatic rings. The van der Waals surface area contributed by atoms with Gasteiger partial charge in [-0.1, -0.05) is 35.3 Å². The van der Waals surface area contributed by atoms with Gasteiger partial charge in [0.2, 0.25) is 0 Å². The minimum Gasteiger partial charge on any atom is -0.489 e. The second-order valence-electron chi connectivity index (χ2n) is 11.0. The molecule has 0 bridgehead atoms. The number of carboxylic acids is 1. The van der Waals surface area contributed by atoms with Gasteiger partial charge in [-0.05, 0) is 103 Å². The van der Waals surface area contributed by atoms with Gasteiger partial charge in [-0.2, -0.15) is 17.5 Å². The van der Waals surface area contributed by atoms with Crippen molar-refractivity contribution in [3.8, 4) is 17.0 Å². The van der Waals surface area contributed by atoms with E-state index in [4.69, 9.17) is 27.9 Å². The number of hydrogen-bond acceptors (Lipinski definition) is 5. The van der Waals surface area contributed by atoms with Crippen molar-refractivity contribution in [3.05, 3.63) is 103 Å². The lowest BCUT2D eigenvalue weighted by molar-refractivity contribution is -0.143. The molecule has 43 heavy (non-hydrogen) atoms. The average Bonchev–Trinajstić information content (AvgIpc) is 3.69. The second-order valence-corrected chi connectivity index (χ2v) is 12.6. The number of ether oxygens (including phenoxy) is 1. The molecule has 2 fully saturated rings. The first-order valence-electron chi connectivity index (χ1n) is 13.4. The summed E-state index contributed by atoms with van der Waals surface area (Å²) in [6.45, 7) is -0.0618. The minimum absolute atomic E-state index is 0.0454. The highest BCUT2D eigenvalue weighted by atomic mass is 35.5. The van der Waals surface area contributed by atoms with Gasteiger partial charge in [0.25, 0.3) is 0 Å². The fraction of sp³-hybridized carbons (Fsp3) is 0.290. The molecule has 0 atom stereocenters. The second kappa shape index (κ2) is 11.1. The van der Waals surface area contributed by atoms with E-state index in [0.717, 1.165) is 41.5 Å². The highest BCUT2D eigenvalue weighted by molar-refractivity contribution is 7.06. The highest BCUT2D eigenvalue weighted by Gasteiger charge is 2.49. The number of hydrogen-bond donors (Lipinski definition) is 2. The Labute approximate surface area is 257 Å². The van der Waals surface area contributed by atoms with E-state index in [0.29, 0.717) is 32.8 Å². The van der Waals surface area contributed by atoms with Crippen LogP contribution in [0.4, 0.5) is 17.6 Å². The molecule has 2 aliphatic carbocycles. The monoisotopic (exact) mass is 651 g/mol. The van der Waals surface area contributed by atoms with Gasteiger partial charge in [-0.25, -0.2) is 9.18 Å². The lowest BCUT2D eigenvalue weighted by atomic mass is 9.64. The Bertz CT molecular complexity index is 1710. The zero-order valence-electron chi connectivity index (χ0n) is 22.2. The number of benzene rings is 3. The Morgan fingerprint density at radius 3 is 2.37 bits per heavy atom. The Kier molecular flexibility index (Phi) is 7.69. The first-order chi connectivity index (χ1) is 20.3. The van der Waals surface area contributed by atoms with Crippen molar-refractivity contribution in [1.82, 2.24) is 4.37 Å². The zero-order chi connectivity index (χ0) is 30.7. The number of alkyl halides is 3. The number of aliphatic hydroxyl groups is 1. The topological polar surface area (TPSA) is 79.7 Å². The molecule has 224 valence electrons. The fourth-order valence-corrected chi connectivity index (χ4v) is 7.26. The van der Waals surface area contributed by atoms with E-state index in [9.17, 15) is 32.6 Å². The molecule has 2 saturated carbocycles. The molecule has 2 aliphatic rings. The smallest absolute Gasteiger partial charge is 0.416 e. The molecular formula is C31H23Cl2F4NO4S. The van der Waals surface area contributed by atoms with Crippen molar-refractivity contribution < 1.29 is 37.3 Å². The van der Waals surface area contributed by atoms with E-state index in [2.05, 4.69) is 4.37 Å². The van der Waals surface area contributed by atoms with Gasteiger partial charge < -0.3 is 14.9 Å². The van der Waals surface area contributed by atoms with Crippen LogP contribution in [-0.4, -0.2) is 20.6 Å². The normalized spacial score (nSPS) is 20.1. The molecule has 0 saturated heterocycles. The molecule has 6 rings (SSSR count). The summed E-state index contributed by atoms with van der Waals surface area (Å²) in [4.78, 5) is 12.3. The predicted molar refractivity (Wildman–Crippen MR) is 155 cm³/mol. The van der Waals surface area contributed by atoms with Crippen LogP contribution in [0.25, 0.3) is 11.3 Å². The van der Waals surface area contributed by atoms with E-state index in [1.54, 1.807) is 18.2 Å². The van der Waals surface area contributed by atoms with Crippen molar-refractivity contribution in [1.29, 1.82) is 0 Å². The summed E-state index contributed by atoms with van der Waals surface area (Å²) in [5.41, 5.74) is -1.38. The molecule has 1 heterocycles. The van der Waals surface area contributed by atoms with Gasteiger partial charge >= 0.3 is 12.1 Å². The zero-order valence-corrected chi connectivity index (χ0v) is 24.5. The van der Waals surface area contributed by atoms with Crippen LogP contribution in [0.15, 0.2) is 54.6 Å². The summed E-state index contributed by atoms with van der Waals surface area (Å²) < 4.78 is 67.3. The lowest BCUT2D eigenvalue weighted by Gasteiger charge is -2.45. The number of halogens is 6. The minimum atomic E-state index is -4.80. The molecule has 1 aromatic heterocycles. The number of nitrogens with zero attached hydrogens (tertiary/aromatic N) is 1. The summed E-state index contributed by atoms with van der Waals surface area (Å²) in [7, 11) is 0. The fourth-order valence-electron chi connectivity index (χ4n) is 5.64. The molecular weight excluding hydrogens is 629 g/mol. The van der Waals surface area contributed by atoms with Crippen molar-refractivity contribution in [2.45, 2.75) is 55.9 Å². The molecule has 0 aliphatic heterocycles. The van der Waals surface area contributed by atoms with Gasteiger partial charge in [-0.3, -0.25) is 0 Å². The van der Waals surface area contributed by atoms with E-state index in [1.165, 1.54) is 29.7 Å². The van der Waals surface area contributed by atoms with Crippen molar-refractivity contribution >= 4 is 40.7 Å². The van der Waals surface area contributed by atoms with Crippen molar-refractivity contribution in [2.75, 3.05) is 0 Å². The molecule has 5 nitrogen and oxygen atoms in total. The molecule has 0 radical (unpaired) electrons. The SMILES string of the molecule is O=C(O)c1cc(F)cc(C2CC(O)(c3ccc(OCc4c(-c5c(Cl)cccc5Cl)nsc4C4CC4)cc3C(F)(F)F)C2)c1. The molecule has 3 aromatic carbocycles. The number of carboxylic acid groups (broad SMARTS) is 1. The first kappa shape index (κ1) is 29.9. The Balaban J connectivity index is 1.27. The van der Waals surface area contributed by atoms with Crippen LogP contribution < -0.4 is 4.74 Å². The summed E-state index contributed by atoms with van der Waals surface area (Å²) in [6, 6.07) is 11.8. The van der Waals surface area contributed by atoms with Crippen LogP contribution in [-0.2, 0) is 18.4 Å². The van der Waals surface area contributed by atoms with Crippen LogP contribution >= 0.6 is 34.7 Å². The van der Waals surface area contributed by atoms with Gasteiger partial charge in [0.05, 0.1) is 32.5 Å². The van der Waals surface area contributed by atoms with Crippen molar-refractivity contribution in [2.24, 2.45) is 0 Å². The molecule has 0 unspecified atom stereocenters. The van der Waals surface area contributed by atoms with Crippen molar-refractivity contribution in [3.63, 3.8) is 0 Å². The van der Waals surface area contributed by atoms with E-state index in [1.807, 2.05) is 0 Å². The van der Waals surface area contributed by atoms with Gasteiger partial charge in [0.15, 0.2) is 0 Å². The number of rotatable bonds is 8. The maximum Gasteiger partial charge on any atom is 0.416 e. The third kappa shape index (κ3) is 5.85. The van der Waals surface area contributed by atoms with Crippen LogP contribution in [0.5, 0.6) is 5.75 Å². The Morgan fingerprint density at radius 2 is 1.74 bits per heavy atom. The number of aromatic nitrogens is 1. The maximum absolute atomic E-state index is 14.3. The van der Waals surface area contributed by atoms with Crippen LogP contribution in [0.1, 0.15) is 75.0 Å². The van der Waals surface area contributed by atoms with Crippen LogP contribution in [0.3, 0.4) is 0 Å². The average molecular weight is 652 g/mol. The summed E-state index contributed by atoms with van der Waals surface area (Å²) in [5.74, 6) is -2.36. The molecule has 2 N–H and O–H groups in total. The Hall–Kier alpha value is -3.18. The summed E-state index contributed by atoms with van der Waals surface area (Å²) >= 11 is 14.2. The quantitative estimate of drug-likeness (QED) is 0.186. The first-order valence-corrected chi connectivity index (χ1v) is 14.9. The standard InChI is InChI=1S/C31H23Cl2F4NO4S/c32-24-2-1-3-25(33)26(24)27-21(28(43-38-27)15-4-5-15)14-42-20-6-7-22(23(11-20)31(35,36)37)30(41)12-18(13-30)16-8-17(29(39)40)10-19(34)9-16/h1-3,6-11,15,18,41H,4-5,12-14H2,(H,39,40). The summed E-state index contributed by atoms with van der Waals surface area (Å²) in [6.07, 6.45) is -3.11. The number of aromatic carboxylic acids is 1.